The number of fused-ring (bicyclic) bond motifs is 1. The van der Waals surface area contributed by atoms with E-state index in [1.54, 1.807) is 7.05 Å². The van der Waals surface area contributed by atoms with Gasteiger partial charge in [0.25, 0.3) is 0 Å². The summed E-state index contributed by atoms with van der Waals surface area (Å²) in [6.07, 6.45) is -2.85. The summed E-state index contributed by atoms with van der Waals surface area (Å²) in [7, 11) is 1.61. The number of rotatable bonds is 7. The summed E-state index contributed by atoms with van der Waals surface area (Å²) in [6.45, 7) is 3.22. The Morgan fingerprint density at radius 1 is 1.17 bits per heavy atom. The second-order valence-electron chi connectivity index (χ2n) is 8.74. The van der Waals surface area contributed by atoms with Gasteiger partial charge >= 0.3 is 6.18 Å². The van der Waals surface area contributed by atoms with Crippen LogP contribution in [0.25, 0.3) is 0 Å². The maximum absolute atomic E-state index is 13.2. The Hall–Kier alpha value is -2.55. The largest absolute Gasteiger partial charge is 0.417 e. The lowest BCUT2D eigenvalue weighted by Crippen LogP contribution is -2.46. The molecular weight excluding hydrogens is 512 g/mol. The molecule has 192 valence electrons. The number of nitrogens with one attached hydrogen (secondary N) is 1. The van der Waals surface area contributed by atoms with Crippen molar-refractivity contribution in [1.82, 2.24) is 19.8 Å². The summed E-state index contributed by atoms with van der Waals surface area (Å²) in [6, 6.07) is 12.5. The Morgan fingerprint density at radius 2 is 1.89 bits per heavy atom. The fourth-order valence-corrected chi connectivity index (χ4v) is 5.61. The number of carbonyl (C=O) groups is 1. The molecule has 0 saturated carbocycles. The van der Waals surface area contributed by atoms with Crippen molar-refractivity contribution in [3.63, 3.8) is 0 Å². The molecule has 5 nitrogen and oxygen atoms in total. The number of likely N-dealkylation sites (N-methyl/N-ethyl adjacent to an activating group) is 1. The highest BCUT2D eigenvalue weighted by molar-refractivity contribution is 6.31. The molecule has 0 unspecified atom stereocenters. The first-order valence-electron chi connectivity index (χ1n) is 11.8. The van der Waals surface area contributed by atoms with Gasteiger partial charge in [-0.2, -0.15) is 13.2 Å². The molecule has 0 bridgehead atoms. The second-order valence-corrected chi connectivity index (χ2v) is 9.51. The average molecular weight is 539 g/mol. The molecule has 3 aromatic rings. The van der Waals surface area contributed by atoms with Crippen LogP contribution in [0.15, 0.2) is 48.5 Å². The molecule has 0 radical (unpaired) electrons. The summed E-state index contributed by atoms with van der Waals surface area (Å²) in [5.74, 6) is 0.719. The lowest BCUT2D eigenvalue weighted by atomic mass is 9.95. The molecule has 10 heteroatoms. The van der Waals surface area contributed by atoms with Gasteiger partial charge in [0.05, 0.1) is 22.3 Å². The third-order valence-corrected chi connectivity index (χ3v) is 7.23. The molecule has 2 heterocycles. The van der Waals surface area contributed by atoms with Crippen LogP contribution in [-0.2, 0) is 30.4 Å². The predicted octanol–water partition coefficient (Wildman–Crippen LogP) is 6.25. The van der Waals surface area contributed by atoms with E-state index in [4.69, 9.17) is 23.2 Å². The Morgan fingerprint density at radius 3 is 2.50 bits per heavy atom. The number of halogens is 5. The number of aromatic nitrogens is 2. The van der Waals surface area contributed by atoms with Crippen molar-refractivity contribution in [3.05, 3.63) is 86.9 Å². The lowest BCUT2D eigenvalue weighted by Gasteiger charge is -2.41. The van der Waals surface area contributed by atoms with E-state index in [1.165, 1.54) is 12.1 Å². The summed E-state index contributed by atoms with van der Waals surface area (Å²) >= 11 is 12.6. The Labute approximate surface area is 218 Å². The van der Waals surface area contributed by atoms with Crippen molar-refractivity contribution >= 4 is 29.1 Å². The maximum Gasteiger partial charge on any atom is 0.417 e. The molecule has 1 aromatic heterocycles. The Kier molecular flexibility index (Phi) is 7.97. The van der Waals surface area contributed by atoms with E-state index >= 15 is 0 Å². The highest BCUT2D eigenvalue weighted by Crippen LogP contribution is 2.41. The Bertz CT molecular complexity index is 1230. The smallest absolute Gasteiger partial charge is 0.358 e. The normalized spacial score (nSPS) is 17.0. The van der Waals surface area contributed by atoms with E-state index in [2.05, 4.69) is 19.8 Å². The van der Waals surface area contributed by atoms with Crippen molar-refractivity contribution in [2.75, 3.05) is 13.6 Å². The molecule has 1 amide bonds. The van der Waals surface area contributed by atoms with Gasteiger partial charge in [0, 0.05) is 26.6 Å². The van der Waals surface area contributed by atoms with E-state index in [0.717, 1.165) is 23.1 Å². The van der Waals surface area contributed by atoms with Crippen LogP contribution in [0.2, 0.25) is 10.2 Å². The van der Waals surface area contributed by atoms with Crippen molar-refractivity contribution in [2.45, 2.75) is 51.0 Å². The number of nitrogens with zero attached hydrogens (tertiary/aromatic N) is 3. The van der Waals surface area contributed by atoms with E-state index in [0.29, 0.717) is 43.1 Å². The second kappa shape index (κ2) is 10.8. The molecule has 2 aromatic carbocycles. The van der Waals surface area contributed by atoms with E-state index < -0.39 is 17.8 Å². The number of amides is 1. The van der Waals surface area contributed by atoms with Crippen molar-refractivity contribution in [1.29, 1.82) is 0 Å². The summed E-state index contributed by atoms with van der Waals surface area (Å²) in [4.78, 5) is 19.8. The molecule has 0 saturated heterocycles. The number of carbonyl (C=O) groups excluding carboxylic acids is 1. The van der Waals surface area contributed by atoms with Gasteiger partial charge in [-0.05, 0) is 36.1 Å². The van der Waals surface area contributed by atoms with Crippen molar-refractivity contribution < 1.29 is 18.0 Å². The van der Waals surface area contributed by atoms with Crippen LogP contribution in [0.5, 0.6) is 0 Å². The summed E-state index contributed by atoms with van der Waals surface area (Å²) < 4.78 is 41.6. The first-order chi connectivity index (χ1) is 17.2. The molecule has 1 N–H and O–H groups in total. The van der Waals surface area contributed by atoms with Crippen LogP contribution in [0.1, 0.15) is 53.6 Å². The minimum atomic E-state index is -4.51. The van der Waals surface area contributed by atoms with Crippen molar-refractivity contribution in [2.24, 2.45) is 0 Å². The number of benzene rings is 2. The van der Waals surface area contributed by atoms with Crippen molar-refractivity contribution in [3.8, 4) is 0 Å². The molecule has 1 aliphatic rings. The highest BCUT2D eigenvalue weighted by atomic mass is 35.5. The molecule has 36 heavy (non-hydrogen) atoms. The molecule has 1 aliphatic heterocycles. The van der Waals surface area contributed by atoms with Gasteiger partial charge in [-0.3, -0.25) is 9.69 Å². The van der Waals surface area contributed by atoms with Gasteiger partial charge in [-0.1, -0.05) is 66.5 Å². The Balaban J connectivity index is 1.72. The summed E-state index contributed by atoms with van der Waals surface area (Å²) in [5, 5.41) is 2.83. The zero-order chi connectivity index (χ0) is 26.0. The van der Waals surface area contributed by atoms with Crippen LogP contribution in [0, 0.1) is 0 Å². The lowest BCUT2D eigenvalue weighted by molar-refractivity contribution is -0.137. The fourth-order valence-electron chi connectivity index (χ4n) is 4.97. The zero-order valence-electron chi connectivity index (χ0n) is 19.9. The first-order valence-corrected chi connectivity index (χ1v) is 12.5. The molecule has 4 rings (SSSR count). The van der Waals surface area contributed by atoms with Gasteiger partial charge < -0.3 is 9.88 Å². The van der Waals surface area contributed by atoms with Crippen LogP contribution in [-0.4, -0.2) is 34.0 Å². The fraction of sp³-hybridized carbons (Fsp3) is 0.385. The van der Waals surface area contributed by atoms with Crippen LogP contribution < -0.4 is 5.32 Å². The molecule has 2 atom stereocenters. The van der Waals surface area contributed by atoms with E-state index in [9.17, 15) is 18.0 Å². The SMILES string of the molecule is CCc1nc(Cl)c2n1CCN([C@@H](C(=O)NC)c1ccccc1)[C@H]2CCc1ccc(C(F)(F)F)c(Cl)c1. The molecule has 0 fully saturated rings. The number of hydrogen-bond acceptors (Lipinski definition) is 3. The number of hydrogen-bond donors (Lipinski definition) is 1. The first kappa shape index (κ1) is 26.5. The minimum absolute atomic E-state index is 0.149. The molecule has 0 aliphatic carbocycles. The quantitative estimate of drug-likeness (QED) is 0.387. The van der Waals surface area contributed by atoms with Gasteiger partial charge in [-0.15, -0.1) is 0 Å². The number of alkyl halides is 3. The summed E-state index contributed by atoms with van der Waals surface area (Å²) in [5.41, 5.74) is 1.49. The predicted molar refractivity (Wildman–Crippen MR) is 134 cm³/mol. The van der Waals surface area contributed by atoms with E-state index in [-0.39, 0.29) is 17.0 Å². The van der Waals surface area contributed by atoms with Gasteiger partial charge in [0.2, 0.25) is 5.91 Å². The standard InChI is InChI=1S/C26H27Cl2F3N4O/c1-3-21-33-24(28)23-20(12-10-16-9-11-18(19(27)15-16)26(29,30)31)34(13-14-35(21)23)22(25(36)32-2)17-7-5-4-6-8-17/h4-9,11,15,20,22H,3,10,12-14H2,1-2H3,(H,32,36)/t20-,22+/m0/s1. The van der Waals surface area contributed by atoms with Gasteiger partial charge in [0.15, 0.2) is 5.15 Å². The number of imidazole rings is 1. The van der Waals surface area contributed by atoms with Crippen LogP contribution in [0.3, 0.4) is 0 Å². The topological polar surface area (TPSA) is 50.2 Å². The average Bonchev–Trinajstić information content (AvgIpc) is 3.18. The maximum atomic E-state index is 13.2. The van der Waals surface area contributed by atoms with Gasteiger partial charge in [0.1, 0.15) is 11.9 Å². The monoisotopic (exact) mass is 538 g/mol. The number of aryl methyl sites for hydroxylation is 2. The van der Waals surface area contributed by atoms with Crippen LogP contribution in [0.4, 0.5) is 13.2 Å². The minimum Gasteiger partial charge on any atom is -0.358 e. The van der Waals surface area contributed by atoms with Gasteiger partial charge in [-0.25, -0.2) is 4.98 Å². The molecule has 0 spiro atoms. The van der Waals surface area contributed by atoms with Crippen LogP contribution >= 0.6 is 23.2 Å². The molecular formula is C26H27Cl2F3N4O. The third-order valence-electron chi connectivity index (χ3n) is 6.64. The zero-order valence-corrected chi connectivity index (χ0v) is 21.5. The third kappa shape index (κ3) is 5.26. The highest BCUT2D eigenvalue weighted by Gasteiger charge is 2.39. The van der Waals surface area contributed by atoms with E-state index in [1.807, 2.05) is 37.3 Å².